The molecule has 0 spiro atoms. The van der Waals surface area contributed by atoms with Crippen LogP contribution in [0.15, 0.2) is 60.8 Å². The fourth-order valence-electron chi connectivity index (χ4n) is 4.04. The molecule has 0 aliphatic heterocycles. The molecule has 208 valence electrons. The van der Waals surface area contributed by atoms with Crippen molar-refractivity contribution in [2.45, 2.75) is 53.2 Å². The predicted octanol–water partition coefficient (Wildman–Crippen LogP) is 5.09. The molecule has 0 unspecified atom stereocenters. The van der Waals surface area contributed by atoms with E-state index in [4.69, 9.17) is 9.47 Å². The van der Waals surface area contributed by atoms with Gasteiger partial charge in [0.15, 0.2) is 11.5 Å². The fraction of sp³-hybridized carbons (Fsp3) is 0.300. The first kappa shape index (κ1) is 28.3. The van der Waals surface area contributed by atoms with Gasteiger partial charge < -0.3 is 20.1 Å². The van der Waals surface area contributed by atoms with Crippen molar-refractivity contribution in [3.63, 3.8) is 0 Å². The summed E-state index contributed by atoms with van der Waals surface area (Å²) in [6.45, 7) is 9.58. The van der Waals surface area contributed by atoms with Gasteiger partial charge in [0.1, 0.15) is 5.60 Å². The summed E-state index contributed by atoms with van der Waals surface area (Å²) in [4.78, 5) is 42.4. The molecule has 4 aromatic rings. The number of amides is 2. The zero-order valence-electron chi connectivity index (χ0n) is 23.3. The Bertz CT molecular complexity index is 1550. The van der Waals surface area contributed by atoms with E-state index in [0.717, 1.165) is 11.1 Å². The van der Waals surface area contributed by atoms with Gasteiger partial charge in [-0.25, -0.2) is 14.3 Å². The first-order valence-corrected chi connectivity index (χ1v) is 13.0. The molecule has 0 saturated heterocycles. The first-order valence-electron chi connectivity index (χ1n) is 13.0. The summed E-state index contributed by atoms with van der Waals surface area (Å²) >= 11 is 0. The molecule has 0 radical (unpaired) electrons. The minimum Gasteiger partial charge on any atom is -0.466 e. The van der Waals surface area contributed by atoms with Crippen molar-refractivity contribution in [1.29, 1.82) is 0 Å². The third-order valence-electron chi connectivity index (χ3n) is 5.78. The topological polar surface area (TPSA) is 124 Å². The van der Waals surface area contributed by atoms with Crippen LogP contribution in [0.2, 0.25) is 0 Å². The number of esters is 1. The van der Waals surface area contributed by atoms with Crippen molar-refractivity contribution < 1.29 is 23.9 Å². The number of fused-ring (bicyclic) bond motifs is 1. The van der Waals surface area contributed by atoms with Gasteiger partial charge >= 0.3 is 12.1 Å². The minimum atomic E-state index is -0.596. The zero-order valence-corrected chi connectivity index (χ0v) is 23.3. The highest BCUT2D eigenvalue weighted by Gasteiger charge is 2.19. The van der Waals surface area contributed by atoms with Crippen molar-refractivity contribution in [2.24, 2.45) is 0 Å². The highest BCUT2D eigenvalue weighted by Crippen LogP contribution is 2.23. The maximum absolute atomic E-state index is 13.6. The van der Waals surface area contributed by atoms with E-state index in [9.17, 15) is 14.4 Å². The number of nitrogens with zero attached hydrogens (tertiary/aromatic N) is 3. The molecule has 2 heterocycles. The molecule has 10 nitrogen and oxygen atoms in total. The van der Waals surface area contributed by atoms with E-state index in [0.29, 0.717) is 28.2 Å². The average molecular weight is 544 g/mol. The van der Waals surface area contributed by atoms with E-state index in [1.54, 1.807) is 56.6 Å². The number of nitrogens with one attached hydrogen (secondary N) is 2. The Kier molecular flexibility index (Phi) is 8.47. The number of hydrogen-bond acceptors (Lipinski definition) is 7. The number of aromatic nitrogens is 3. The molecule has 10 heteroatoms. The van der Waals surface area contributed by atoms with Crippen LogP contribution in [0.4, 0.5) is 10.5 Å². The van der Waals surface area contributed by atoms with Gasteiger partial charge in [-0.1, -0.05) is 30.3 Å². The normalized spacial score (nSPS) is 11.2. The maximum Gasteiger partial charge on any atom is 0.407 e. The zero-order chi connectivity index (χ0) is 28.9. The number of carbonyl (C=O) groups is 3. The van der Waals surface area contributed by atoms with Gasteiger partial charge in [-0.2, -0.15) is 0 Å². The molecule has 2 aromatic heterocycles. The molecule has 2 N–H and O–H groups in total. The first-order chi connectivity index (χ1) is 19.0. The predicted molar refractivity (Wildman–Crippen MR) is 151 cm³/mol. The summed E-state index contributed by atoms with van der Waals surface area (Å²) in [7, 11) is 0. The van der Waals surface area contributed by atoms with E-state index in [1.165, 1.54) is 0 Å². The van der Waals surface area contributed by atoms with Crippen LogP contribution in [-0.4, -0.2) is 44.8 Å². The van der Waals surface area contributed by atoms with Crippen LogP contribution in [0.5, 0.6) is 0 Å². The number of carbonyl (C=O) groups excluding carboxylic acids is 3. The SMILES string of the molecule is CCOC(=O)Cc1ccc(C)cc1NC(=O)c1nc(-c2cccc(CNC(=O)OC(C)(C)C)c2)nn2cccc12. The second-order valence-electron chi connectivity index (χ2n) is 10.3. The Balaban J connectivity index is 1.61. The van der Waals surface area contributed by atoms with Gasteiger partial charge in [-0.3, -0.25) is 9.59 Å². The Morgan fingerprint density at radius 1 is 1.02 bits per heavy atom. The largest absolute Gasteiger partial charge is 0.466 e. The number of benzene rings is 2. The molecule has 2 amide bonds. The summed E-state index contributed by atoms with van der Waals surface area (Å²) < 4.78 is 12.0. The lowest BCUT2D eigenvalue weighted by atomic mass is 10.1. The molecule has 0 atom stereocenters. The van der Waals surface area contributed by atoms with Crippen molar-refractivity contribution in [3.05, 3.63) is 83.2 Å². The molecule has 4 rings (SSSR count). The smallest absolute Gasteiger partial charge is 0.407 e. The molecule has 0 fully saturated rings. The van der Waals surface area contributed by atoms with Gasteiger partial charge in [-0.05, 0) is 75.6 Å². The second kappa shape index (κ2) is 12.0. The number of alkyl carbamates (subject to hydrolysis) is 1. The molecule has 40 heavy (non-hydrogen) atoms. The molecule has 0 bridgehead atoms. The monoisotopic (exact) mass is 543 g/mol. The van der Waals surface area contributed by atoms with E-state index in [-0.39, 0.29) is 31.2 Å². The highest BCUT2D eigenvalue weighted by atomic mass is 16.6. The number of anilines is 1. The van der Waals surface area contributed by atoms with E-state index < -0.39 is 17.6 Å². The summed E-state index contributed by atoms with van der Waals surface area (Å²) in [5.74, 6) is -0.476. The molecule has 0 aliphatic rings. The van der Waals surface area contributed by atoms with Gasteiger partial charge in [-0.15, -0.1) is 5.10 Å². The Morgan fingerprint density at radius 3 is 2.58 bits per heavy atom. The second-order valence-corrected chi connectivity index (χ2v) is 10.3. The number of rotatable bonds is 8. The van der Waals surface area contributed by atoms with Crippen LogP contribution in [0, 0.1) is 6.92 Å². The third kappa shape index (κ3) is 7.22. The summed E-state index contributed by atoms with van der Waals surface area (Å²) in [6.07, 6.45) is 1.26. The van der Waals surface area contributed by atoms with Gasteiger partial charge in [0, 0.05) is 24.0 Å². The summed E-state index contributed by atoms with van der Waals surface area (Å²) in [5, 5.41) is 10.3. The lowest BCUT2D eigenvalue weighted by molar-refractivity contribution is -0.142. The van der Waals surface area contributed by atoms with Gasteiger partial charge in [0.25, 0.3) is 5.91 Å². The van der Waals surface area contributed by atoms with Crippen LogP contribution in [0.1, 0.15) is 54.9 Å². The average Bonchev–Trinajstić information content (AvgIpc) is 3.37. The van der Waals surface area contributed by atoms with E-state index in [2.05, 4.69) is 20.7 Å². The van der Waals surface area contributed by atoms with Crippen LogP contribution in [0.3, 0.4) is 0 Å². The van der Waals surface area contributed by atoms with Crippen molar-refractivity contribution in [1.82, 2.24) is 19.9 Å². The Labute approximate surface area is 232 Å². The van der Waals surface area contributed by atoms with Gasteiger partial charge in [0.2, 0.25) is 0 Å². The van der Waals surface area contributed by atoms with Crippen molar-refractivity contribution >= 4 is 29.2 Å². The summed E-state index contributed by atoms with van der Waals surface area (Å²) in [6, 6.07) is 16.4. The number of ether oxygens (including phenoxy) is 2. The molecule has 0 aliphatic carbocycles. The van der Waals surface area contributed by atoms with Crippen molar-refractivity contribution in [3.8, 4) is 11.4 Å². The van der Waals surface area contributed by atoms with E-state index >= 15 is 0 Å². The third-order valence-corrected chi connectivity index (χ3v) is 5.78. The fourth-order valence-corrected chi connectivity index (χ4v) is 4.04. The standard InChI is InChI=1S/C30H33N5O5/c1-6-39-25(36)17-21-13-12-19(2)15-23(21)32-28(37)26-24-11-8-14-35(24)34-27(33-26)22-10-7-9-20(16-22)18-31-29(38)40-30(3,4)5/h7-16H,6,17-18H2,1-5H3,(H,31,38)(H,32,37). The minimum absolute atomic E-state index is 0.0312. The molecule has 0 saturated carbocycles. The summed E-state index contributed by atoms with van der Waals surface area (Å²) in [5.41, 5.74) is 3.68. The Hall–Kier alpha value is -4.73. The lowest BCUT2D eigenvalue weighted by Gasteiger charge is -2.19. The molecular formula is C30H33N5O5. The van der Waals surface area contributed by atoms with Crippen LogP contribution >= 0.6 is 0 Å². The quantitative estimate of drug-likeness (QED) is 0.297. The highest BCUT2D eigenvalue weighted by molar-refractivity contribution is 6.08. The molecule has 2 aromatic carbocycles. The Morgan fingerprint density at radius 2 is 1.82 bits per heavy atom. The van der Waals surface area contributed by atoms with Crippen LogP contribution in [0.25, 0.3) is 16.9 Å². The van der Waals surface area contributed by atoms with Crippen molar-refractivity contribution in [2.75, 3.05) is 11.9 Å². The maximum atomic E-state index is 13.6. The number of aryl methyl sites for hydroxylation is 1. The lowest BCUT2D eigenvalue weighted by Crippen LogP contribution is -2.32. The van der Waals surface area contributed by atoms with Crippen LogP contribution < -0.4 is 10.6 Å². The van der Waals surface area contributed by atoms with E-state index in [1.807, 2.05) is 43.3 Å². The van der Waals surface area contributed by atoms with Gasteiger partial charge in [0.05, 0.1) is 18.5 Å². The number of hydrogen-bond donors (Lipinski definition) is 2. The van der Waals surface area contributed by atoms with Crippen LogP contribution in [-0.2, 0) is 27.2 Å². The molecular weight excluding hydrogens is 510 g/mol.